The number of urea groups is 1. The predicted octanol–water partition coefficient (Wildman–Crippen LogP) is 2.20. The van der Waals surface area contributed by atoms with Gasteiger partial charge in [0.2, 0.25) is 0 Å². The maximum atomic E-state index is 15.0. The van der Waals surface area contributed by atoms with Crippen LogP contribution in [0.3, 0.4) is 0 Å². The number of hydrogen-bond donors (Lipinski definition) is 2. The predicted molar refractivity (Wildman–Crippen MR) is 153 cm³/mol. The van der Waals surface area contributed by atoms with E-state index in [9.17, 15) is 18.0 Å². The number of nitrogens with two attached hydrogens (primary N) is 1. The third-order valence-electron chi connectivity index (χ3n) is 7.82. The molecule has 2 aromatic carbocycles. The van der Waals surface area contributed by atoms with Gasteiger partial charge in [-0.2, -0.15) is 0 Å². The Balaban J connectivity index is 1.55. The van der Waals surface area contributed by atoms with Crippen LogP contribution in [0.5, 0.6) is 0 Å². The van der Waals surface area contributed by atoms with E-state index in [0.29, 0.717) is 17.8 Å². The van der Waals surface area contributed by atoms with Crippen molar-refractivity contribution < 1.29 is 22.4 Å². The highest BCUT2D eigenvalue weighted by Gasteiger charge is 2.30. The van der Waals surface area contributed by atoms with Crippen LogP contribution in [0, 0.1) is 5.82 Å². The van der Waals surface area contributed by atoms with Crippen molar-refractivity contribution in [3.8, 4) is 0 Å². The molecule has 0 unspecified atom stereocenters. The zero-order valence-corrected chi connectivity index (χ0v) is 24.2. The first-order chi connectivity index (χ1) is 19.0. The van der Waals surface area contributed by atoms with Crippen LogP contribution in [0.25, 0.3) is 0 Å². The Kier molecular flexibility index (Phi) is 9.44. The van der Waals surface area contributed by atoms with Crippen LogP contribution in [-0.2, 0) is 22.9 Å². The number of carbonyl (C=O) groups is 2. The quantitative estimate of drug-likeness (QED) is 0.296. The lowest BCUT2D eigenvalue weighted by atomic mass is 10.1. The van der Waals surface area contributed by atoms with Crippen LogP contribution >= 0.6 is 0 Å². The number of likely N-dealkylation sites (N-methyl/N-ethyl adjacent to an activating group) is 1. The molecule has 4 rings (SSSR count). The summed E-state index contributed by atoms with van der Waals surface area (Å²) in [6.45, 7) is 10.5. The highest BCUT2D eigenvalue weighted by atomic mass is 32.2. The van der Waals surface area contributed by atoms with Crippen molar-refractivity contribution in [3.05, 3.63) is 65.0 Å². The average Bonchev–Trinajstić information content (AvgIpc) is 2.92. The number of hydrazine groups is 1. The molecule has 0 aliphatic carbocycles. The fourth-order valence-electron chi connectivity index (χ4n) is 5.67. The van der Waals surface area contributed by atoms with E-state index in [-0.39, 0.29) is 42.3 Å². The fourth-order valence-corrected chi connectivity index (χ4v) is 6.87. The van der Waals surface area contributed by atoms with Gasteiger partial charge in [-0.05, 0) is 50.2 Å². The minimum atomic E-state index is -3.18. The lowest BCUT2D eigenvalue weighted by Gasteiger charge is -2.44. The van der Waals surface area contributed by atoms with Crippen molar-refractivity contribution in [2.24, 2.45) is 5.84 Å². The molecule has 10 nitrogen and oxygen atoms in total. The number of nitrogen functional groups attached to an aromatic ring is 1. The number of anilines is 1. The third kappa shape index (κ3) is 6.98. The van der Waals surface area contributed by atoms with Crippen LogP contribution in [0.15, 0.2) is 42.5 Å². The first-order valence-electron chi connectivity index (χ1n) is 13.6. The first-order valence-corrected chi connectivity index (χ1v) is 15.5. The summed E-state index contributed by atoms with van der Waals surface area (Å²) in [5, 5.41) is 0. The van der Waals surface area contributed by atoms with Gasteiger partial charge in [-0.1, -0.05) is 25.1 Å². The topological polar surface area (TPSA) is 119 Å². The average molecular weight is 575 g/mol. The number of sulfone groups is 1. The van der Waals surface area contributed by atoms with E-state index < -0.39 is 27.6 Å². The Morgan fingerprint density at radius 2 is 1.68 bits per heavy atom. The van der Waals surface area contributed by atoms with E-state index in [0.717, 1.165) is 37.8 Å². The molecule has 3 N–H and O–H groups in total. The Labute approximate surface area is 235 Å². The molecule has 2 fully saturated rings. The summed E-state index contributed by atoms with van der Waals surface area (Å²) in [6, 6.07) is 12.1. The second-order valence-corrected chi connectivity index (χ2v) is 13.0. The largest absolute Gasteiger partial charge is 0.324 e. The van der Waals surface area contributed by atoms with E-state index in [1.165, 1.54) is 21.9 Å². The Morgan fingerprint density at radius 3 is 2.23 bits per heavy atom. The summed E-state index contributed by atoms with van der Waals surface area (Å²) in [7, 11) is -3.18. The fraction of sp³-hybridized carbons (Fsp3) is 0.500. The zero-order chi connectivity index (χ0) is 29.0. The number of rotatable bonds is 7. The van der Waals surface area contributed by atoms with E-state index >= 15 is 4.39 Å². The minimum absolute atomic E-state index is 0.0654. The molecule has 40 heavy (non-hydrogen) atoms. The lowest BCUT2D eigenvalue weighted by Crippen LogP contribution is -2.56. The minimum Gasteiger partial charge on any atom is -0.322 e. The molecule has 218 valence electrons. The molecule has 2 aliphatic rings. The standard InChI is InChI=1S/C28H39FN6O4S/c1-4-34-20(2)16-32(17-21(34)3)18-22-5-9-25(10-6-22)35(28(37)33-11-13-40(38,39)14-12-33)19-24-8-7-23(15-26(24)29)27(36)31-30/h5-10,15,20-21H,4,11-14,16-19,30H2,1-3H3,(H,31,36)/t20-,21+. The lowest BCUT2D eigenvalue weighted by molar-refractivity contribution is 0.0392. The Hall–Kier alpha value is -3.06. The van der Waals surface area contributed by atoms with E-state index in [1.807, 2.05) is 29.7 Å². The summed E-state index contributed by atoms with van der Waals surface area (Å²) in [4.78, 5) is 33.3. The molecule has 2 heterocycles. The number of hydrogen-bond acceptors (Lipinski definition) is 7. The van der Waals surface area contributed by atoms with Gasteiger partial charge in [-0.25, -0.2) is 23.4 Å². The summed E-state index contributed by atoms with van der Waals surface area (Å²) in [6.07, 6.45) is 0. The first kappa shape index (κ1) is 29.9. The number of nitrogens with zero attached hydrogens (tertiary/aromatic N) is 4. The Morgan fingerprint density at radius 1 is 1.05 bits per heavy atom. The van der Waals surface area contributed by atoms with Gasteiger partial charge in [0.15, 0.2) is 9.84 Å². The number of piperazine rings is 1. The van der Waals surface area contributed by atoms with Crippen LogP contribution in [0.2, 0.25) is 0 Å². The van der Waals surface area contributed by atoms with Gasteiger partial charge in [0.1, 0.15) is 5.82 Å². The smallest absolute Gasteiger partial charge is 0.322 e. The van der Waals surface area contributed by atoms with E-state index in [1.54, 1.807) is 0 Å². The molecule has 0 bridgehead atoms. The normalized spacial score (nSPS) is 21.7. The van der Waals surface area contributed by atoms with Gasteiger partial charge in [0.25, 0.3) is 5.91 Å². The van der Waals surface area contributed by atoms with Gasteiger partial charge in [-0.15, -0.1) is 0 Å². The molecule has 12 heteroatoms. The molecular weight excluding hydrogens is 535 g/mol. The molecular formula is C28H39FN6O4S. The van der Waals surface area contributed by atoms with Gasteiger partial charge in [0, 0.05) is 61.6 Å². The van der Waals surface area contributed by atoms with Crippen LogP contribution in [0.4, 0.5) is 14.9 Å². The molecule has 0 spiro atoms. The molecule has 0 saturated carbocycles. The molecule has 2 aromatic rings. The molecule has 2 aliphatic heterocycles. The molecule has 2 atom stereocenters. The van der Waals surface area contributed by atoms with Crippen LogP contribution in [-0.4, -0.2) is 91.4 Å². The van der Waals surface area contributed by atoms with Crippen molar-refractivity contribution in [1.82, 2.24) is 20.1 Å². The summed E-state index contributed by atoms with van der Waals surface area (Å²) in [5.74, 6) is 3.68. The number of nitrogens with one attached hydrogen (secondary N) is 1. The van der Waals surface area contributed by atoms with Crippen molar-refractivity contribution in [2.75, 3.05) is 49.1 Å². The zero-order valence-electron chi connectivity index (χ0n) is 23.3. The highest BCUT2D eigenvalue weighted by molar-refractivity contribution is 7.91. The van der Waals surface area contributed by atoms with Crippen LogP contribution in [0.1, 0.15) is 42.3 Å². The van der Waals surface area contributed by atoms with Crippen molar-refractivity contribution in [3.63, 3.8) is 0 Å². The number of amides is 3. The summed E-state index contributed by atoms with van der Waals surface area (Å²) in [5.41, 5.74) is 3.93. The number of carbonyl (C=O) groups excluding carboxylic acids is 2. The second-order valence-electron chi connectivity index (χ2n) is 10.7. The highest BCUT2D eigenvalue weighted by Crippen LogP contribution is 2.24. The van der Waals surface area contributed by atoms with Crippen molar-refractivity contribution >= 4 is 27.5 Å². The van der Waals surface area contributed by atoms with Gasteiger partial charge < -0.3 is 4.90 Å². The number of halogens is 1. The maximum absolute atomic E-state index is 15.0. The van der Waals surface area contributed by atoms with E-state index in [4.69, 9.17) is 5.84 Å². The summed E-state index contributed by atoms with van der Waals surface area (Å²) >= 11 is 0. The van der Waals surface area contributed by atoms with Gasteiger partial charge in [-0.3, -0.25) is 24.9 Å². The Bertz CT molecular complexity index is 1300. The van der Waals surface area contributed by atoms with Gasteiger partial charge >= 0.3 is 6.03 Å². The van der Waals surface area contributed by atoms with Gasteiger partial charge in [0.05, 0.1) is 18.1 Å². The third-order valence-corrected chi connectivity index (χ3v) is 9.43. The molecule has 2 saturated heterocycles. The van der Waals surface area contributed by atoms with E-state index in [2.05, 4.69) is 30.6 Å². The summed E-state index contributed by atoms with van der Waals surface area (Å²) < 4.78 is 38.9. The molecule has 0 radical (unpaired) electrons. The number of benzene rings is 2. The second kappa shape index (κ2) is 12.6. The van der Waals surface area contributed by atoms with Crippen molar-refractivity contribution in [2.45, 2.75) is 45.9 Å². The molecule has 3 amide bonds. The van der Waals surface area contributed by atoms with Crippen LogP contribution < -0.4 is 16.2 Å². The molecule has 0 aromatic heterocycles. The monoisotopic (exact) mass is 574 g/mol. The van der Waals surface area contributed by atoms with Crippen molar-refractivity contribution in [1.29, 1.82) is 0 Å². The maximum Gasteiger partial charge on any atom is 0.324 e. The SMILES string of the molecule is CCN1[C@H](C)CN(Cc2ccc(N(Cc3ccc(C(=O)NN)cc3F)C(=O)N3CCS(=O)(=O)CC3)cc2)C[C@@H]1C.